The van der Waals surface area contributed by atoms with Crippen molar-refractivity contribution in [2.24, 2.45) is 4.99 Å². The lowest BCUT2D eigenvalue weighted by Gasteiger charge is -2.23. The SMILES string of the molecule is Cc1ccc(S(=O)(=O)N(C2=NCCS2)S(=O)(=O)c2ccc(C)cc2)cc1. The second-order valence-corrected chi connectivity index (χ2v) is 10.7. The molecule has 0 radical (unpaired) electrons. The number of sulfonamides is 2. The number of nitrogens with zero attached hydrogens (tertiary/aromatic N) is 2. The molecule has 0 unspecified atom stereocenters. The number of benzene rings is 2. The molecule has 138 valence electrons. The molecular weight excluding hydrogens is 392 g/mol. The minimum Gasteiger partial charge on any atom is -0.260 e. The van der Waals surface area contributed by atoms with Gasteiger partial charge in [-0.15, -0.1) is 3.71 Å². The average molecular weight is 411 g/mol. The Balaban J connectivity index is 2.17. The van der Waals surface area contributed by atoms with Gasteiger partial charge in [0, 0.05) is 5.75 Å². The van der Waals surface area contributed by atoms with Gasteiger partial charge in [-0.05, 0) is 38.1 Å². The summed E-state index contributed by atoms with van der Waals surface area (Å²) in [6, 6.07) is 12.1. The summed E-state index contributed by atoms with van der Waals surface area (Å²) in [7, 11) is -8.65. The molecule has 0 saturated heterocycles. The number of aliphatic imine (C=N–C) groups is 1. The van der Waals surface area contributed by atoms with Gasteiger partial charge in [-0.25, -0.2) is 0 Å². The number of hydrogen-bond acceptors (Lipinski definition) is 6. The van der Waals surface area contributed by atoms with Crippen molar-refractivity contribution in [3.63, 3.8) is 0 Å². The molecule has 6 nitrogen and oxygen atoms in total. The van der Waals surface area contributed by atoms with Crippen LogP contribution in [0.15, 0.2) is 63.3 Å². The van der Waals surface area contributed by atoms with Crippen LogP contribution in [0.25, 0.3) is 0 Å². The Bertz CT molecular complexity index is 967. The Hall–Kier alpha value is -1.84. The molecule has 26 heavy (non-hydrogen) atoms. The summed E-state index contributed by atoms with van der Waals surface area (Å²) in [5.41, 5.74) is 1.76. The maximum atomic E-state index is 13.2. The zero-order chi connectivity index (χ0) is 18.9. The van der Waals surface area contributed by atoms with E-state index >= 15 is 0 Å². The predicted octanol–water partition coefficient (Wildman–Crippen LogP) is 2.79. The van der Waals surface area contributed by atoms with Crippen LogP contribution < -0.4 is 0 Å². The van der Waals surface area contributed by atoms with Crippen LogP contribution in [-0.4, -0.2) is 38.0 Å². The van der Waals surface area contributed by atoms with Crippen molar-refractivity contribution >= 4 is 37.0 Å². The van der Waals surface area contributed by atoms with Gasteiger partial charge in [0.2, 0.25) is 0 Å². The van der Waals surface area contributed by atoms with E-state index in [2.05, 4.69) is 4.99 Å². The lowest BCUT2D eigenvalue weighted by molar-refractivity contribution is 0.547. The van der Waals surface area contributed by atoms with Crippen molar-refractivity contribution in [2.75, 3.05) is 12.3 Å². The molecule has 3 rings (SSSR count). The van der Waals surface area contributed by atoms with Gasteiger partial charge in [-0.2, -0.15) is 16.8 Å². The van der Waals surface area contributed by atoms with Gasteiger partial charge in [0.05, 0.1) is 16.3 Å². The summed E-state index contributed by atoms with van der Waals surface area (Å²) in [6.07, 6.45) is 0. The van der Waals surface area contributed by atoms with E-state index in [1.54, 1.807) is 24.3 Å². The Kier molecular flexibility index (Phi) is 5.14. The molecule has 0 spiro atoms. The van der Waals surface area contributed by atoms with Gasteiger partial charge in [-0.3, -0.25) is 4.99 Å². The molecule has 0 fully saturated rings. The molecule has 2 aromatic rings. The number of aryl methyl sites for hydroxylation is 2. The lowest BCUT2D eigenvalue weighted by atomic mass is 10.2. The summed E-state index contributed by atoms with van der Waals surface area (Å²) in [5.74, 6) is 0.540. The van der Waals surface area contributed by atoms with E-state index in [-0.39, 0.29) is 15.0 Å². The fourth-order valence-corrected chi connectivity index (χ4v) is 7.36. The van der Waals surface area contributed by atoms with Crippen LogP contribution in [0.5, 0.6) is 0 Å². The predicted molar refractivity (Wildman–Crippen MR) is 103 cm³/mol. The van der Waals surface area contributed by atoms with Crippen molar-refractivity contribution in [3.05, 3.63) is 59.7 Å². The highest BCUT2D eigenvalue weighted by Gasteiger charge is 2.40. The number of thioether (sulfide) groups is 1. The Morgan fingerprint density at radius 2 is 1.23 bits per heavy atom. The van der Waals surface area contributed by atoms with Crippen LogP contribution in [0.4, 0.5) is 0 Å². The number of amidine groups is 1. The molecule has 0 saturated carbocycles. The molecule has 0 aromatic heterocycles. The fourth-order valence-electron chi connectivity index (χ4n) is 2.38. The minimum atomic E-state index is -4.32. The lowest BCUT2D eigenvalue weighted by Crippen LogP contribution is -2.39. The summed E-state index contributed by atoms with van der Waals surface area (Å²) in [4.78, 5) is 3.92. The van der Waals surface area contributed by atoms with E-state index in [4.69, 9.17) is 0 Å². The average Bonchev–Trinajstić information content (AvgIpc) is 3.09. The van der Waals surface area contributed by atoms with Gasteiger partial charge < -0.3 is 0 Å². The quantitative estimate of drug-likeness (QED) is 0.774. The van der Waals surface area contributed by atoms with Crippen molar-refractivity contribution in [1.82, 2.24) is 3.71 Å². The third-order valence-electron chi connectivity index (χ3n) is 3.80. The standard InChI is InChI=1S/C17H18N2O4S3/c1-13-3-7-15(8-4-13)25(20,21)19(17-18-11-12-24-17)26(22,23)16-9-5-14(2)6-10-16/h3-10H,11-12H2,1-2H3. The molecule has 0 aliphatic carbocycles. The Morgan fingerprint density at radius 1 is 0.808 bits per heavy atom. The van der Waals surface area contributed by atoms with Gasteiger partial charge in [0.1, 0.15) is 0 Å². The molecule has 0 atom stereocenters. The Morgan fingerprint density at radius 3 is 1.58 bits per heavy atom. The highest BCUT2D eigenvalue weighted by Crippen LogP contribution is 2.30. The third kappa shape index (κ3) is 3.51. The molecule has 0 bridgehead atoms. The van der Waals surface area contributed by atoms with Gasteiger partial charge in [0.15, 0.2) is 5.17 Å². The summed E-state index contributed by atoms with van der Waals surface area (Å²) >= 11 is 1.12. The molecule has 2 aromatic carbocycles. The monoisotopic (exact) mass is 410 g/mol. The minimum absolute atomic E-state index is 0.0221. The van der Waals surface area contributed by atoms with E-state index in [1.807, 2.05) is 13.8 Å². The first kappa shape index (κ1) is 18.9. The van der Waals surface area contributed by atoms with Crippen LogP contribution in [0.3, 0.4) is 0 Å². The highest BCUT2D eigenvalue weighted by molar-refractivity contribution is 8.17. The van der Waals surface area contributed by atoms with E-state index in [0.717, 1.165) is 22.9 Å². The van der Waals surface area contributed by atoms with Crippen molar-refractivity contribution in [3.8, 4) is 0 Å². The first-order valence-corrected chi connectivity index (χ1v) is 11.7. The summed E-state index contributed by atoms with van der Waals surface area (Å²) < 4.78 is 53.1. The number of rotatable bonds is 4. The normalized spacial score (nSPS) is 14.9. The largest absolute Gasteiger partial charge is 0.279 e. The zero-order valence-corrected chi connectivity index (χ0v) is 16.7. The summed E-state index contributed by atoms with van der Waals surface area (Å²) in [6.45, 7) is 4.03. The fraction of sp³-hybridized carbons (Fsp3) is 0.235. The van der Waals surface area contributed by atoms with Crippen LogP contribution in [0.2, 0.25) is 0 Å². The molecule has 0 amide bonds. The van der Waals surface area contributed by atoms with E-state index in [0.29, 0.717) is 16.0 Å². The highest BCUT2D eigenvalue weighted by atomic mass is 32.3. The maximum Gasteiger partial charge on any atom is 0.279 e. The molecule has 1 aliphatic heterocycles. The molecule has 0 N–H and O–H groups in total. The second-order valence-electron chi connectivity index (χ2n) is 5.85. The van der Waals surface area contributed by atoms with Crippen molar-refractivity contribution < 1.29 is 16.8 Å². The molecule has 9 heteroatoms. The maximum absolute atomic E-state index is 13.2. The van der Waals surface area contributed by atoms with E-state index in [9.17, 15) is 16.8 Å². The van der Waals surface area contributed by atoms with E-state index in [1.165, 1.54) is 24.3 Å². The Labute approximate surface area is 158 Å². The van der Waals surface area contributed by atoms with Crippen molar-refractivity contribution in [2.45, 2.75) is 23.6 Å². The molecular formula is C17H18N2O4S3. The number of hydrogen-bond donors (Lipinski definition) is 0. The first-order valence-electron chi connectivity index (χ1n) is 7.84. The molecule has 1 heterocycles. The third-order valence-corrected chi connectivity index (χ3v) is 9.12. The van der Waals surface area contributed by atoms with E-state index < -0.39 is 20.0 Å². The molecule has 1 aliphatic rings. The summed E-state index contributed by atoms with van der Waals surface area (Å²) in [5, 5.41) is -0.0221. The van der Waals surface area contributed by atoms with Gasteiger partial charge >= 0.3 is 0 Å². The van der Waals surface area contributed by atoms with Crippen LogP contribution in [-0.2, 0) is 20.0 Å². The zero-order valence-electron chi connectivity index (χ0n) is 14.3. The van der Waals surface area contributed by atoms with Gasteiger partial charge in [-0.1, -0.05) is 47.2 Å². The van der Waals surface area contributed by atoms with Crippen LogP contribution >= 0.6 is 11.8 Å². The second kappa shape index (κ2) is 7.05. The van der Waals surface area contributed by atoms with Crippen molar-refractivity contribution in [1.29, 1.82) is 0 Å². The van der Waals surface area contributed by atoms with Crippen LogP contribution in [0.1, 0.15) is 11.1 Å². The smallest absolute Gasteiger partial charge is 0.260 e. The first-order chi connectivity index (χ1) is 12.2. The van der Waals surface area contributed by atoms with Gasteiger partial charge in [0.25, 0.3) is 20.0 Å². The topological polar surface area (TPSA) is 83.9 Å². The van der Waals surface area contributed by atoms with Crippen LogP contribution in [0, 0.1) is 13.8 Å².